The molecule has 2 aromatic rings. The van der Waals surface area contributed by atoms with E-state index in [0.29, 0.717) is 25.9 Å². The fourth-order valence-electron chi connectivity index (χ4n) is 5.76. The Kier molecular flexibility index (Phi) is 7.96. The van der Waals surface area contributed by atoms with Gasteiger partial charge in [0.05, 0.1) is 32.2 Å². The molecule has 0 spiro atoms. The number of ether oxygens (including phenoxy) is 3. The number of rotatable bonds is 7. The highest BCUT2D eigenvalue weighted by atomic mass is 32.1. The summed E-state index contributed by atoms with van der Waals surface area (Å²) in [7, 11) is 3.25. The van der Waals surface area contributed by atoms with Gasteiger partial charge in [0.1, 0.15) is 17.4 Å². The number of Topliss-reactive ketones (excluding diaryl/α,β-unsaturated/α-hetero) is 1. The maximum Gasteiger partial charge on any atom is 0.306 e. The van der Waals surface area contributed by atoms with Crippen LogP contribution in [0.5, 0.6) is 0 Å². The van der Waals surface area contributed by atoms with Gasteiger partial charge >= 0.3 is 5.97 Å². The molecule has 0 amide bonds. The molecule has 1 saturated carbocycles. The van der Waals surface area contributed by atoms with E-state index in [2.05, 4.69) is 6.07 Å². The van der Waals surface area contributed by atoms with Crippen LogP contribution in [0.1, 0.15) is 56.1 Å². The molecule has 0 N–H and O–H groups in total. The Hall–Kier alpha value is -2.57. The fourth-order valence-corrected chi connectivity index (χ4v) is 6.74. The highest BCUT2D eigenvalue weighted by Gasteiger charge is 2.55. The third-order valence-corrected chi connectivity index (χ3v) is 8.59. The smallest absolute Gasteiger partial charge is 0.306 e. The number of methoxy groups -OCH3 is 1. The second-order valence-electron chi connectivity index (χ2n) is 10.0. The van der Waals surface area contributed by atoms with Gasteiger partial charge in [0, 0.05) is 23.1 Å². The van der Waals surface area contributed by atoms with E-state index in [4.69, 9.17) is 14.2 Å². The highest BCUT2D eigenvalue weighted by molar-refractivity contribution is 7.10. The number of nitriles is 1. The van der Waals surface area contributed by atoms with E-state index in [1.165, 1.54) is 18.4 Å². The second kappa shape index (κ2) is 10.8. The van der Waals surface area contributed by atoms with E-state index in [9.17, 15) is 14.9 Å². The molecule has 1 aromatic heterocycles. The Balaban J connectivity index is 1.82. The Bertz CT molecular complexity index is 1100. The van der Waals surface area contributed by atoms with Crippen LogP contribution in [-0.2, 0) is 29.3 Å². The van der Waals surface area contributed by atoms with Gasteiger partial charge in [0.2, 0.25) is 0 Å². The summed E-state index contributed by atoms with van der Waals surface area (Å²) in [5.41, 5.74) is -0.163. The lowest BCUT2D eigenvalue weighted by atomic mass is 9.65. The molecule has 2 aliphatic rings. The Morgan fingerprint density at radius 1 is 1.28 bits per heavy atom. The highest BCUT2D eigenvalue weighted by Crippen LogP contribution is 2.50. The number of likely N-dealkylation sites (N-methyl/N-ethyl adjacent to an activating group) is 1. The van der Waals surface area contributed by atoms with Gasteiger partial charge in [-0.25, -0.2) is 0 Å². The first kappa shape index (κ1) is 26.5. The summed E-state index contributed by atoms with van der Waals surface area (Å²) >= 11 is 1.49. The minimum Gasteiger partial charge on any atom is -0.469 e. The number of hydrogen-bond donors (Lipinski definition) is 0. The van der Waals surface area contributed by atoms with Crippen molar-refractivity contribution in [3.8, 4) is 6.07 Å². The molecular weight excluding hydrogens is 476 g/mol. The van der Waals surface area contributed by atoms with Crippen LogP contribution in [0.3, 0.4) is 0 Å². The van der Waals surface area contributed by atoms with E-state index in [0.717, 1.165) is 10.4 Å². The molecule has 7 nitrogen and oxygen atoms in total. The summed E-state index contributed by atoms with van der Waals surface area (Å²) in [6.45, 7) is 4.13. The van der Waals surface area contributed by atoms with Crippen LogP contribution in [0.25, 0.3) is 0 Å². The zero-order valence-corrected chi connectivity index (χ0v) is 22.1. The molecule has 2 heterocycles. The third kappa shape index (κ3) is 4.98. The molecule has 4 rings (SSSR count). The normalized spacial score (nSPS) is 27.7. The van der Waals surface area contributed by atoms with Gasteiger partial charge in [0.15, 0.2) is 5.79 Å². The Labute approximate surface area is 217 Å². The fraction of sp³-hybridized carbons (Fsp3) is 0.536. The van der Waals surface area contributed by atoms with Gasteiger partial charge in [-0.15, -0.1) is 11.3 Å². The van der Waals surface area contributed by atoms with Crippen LogP contribution < -0.4 is 0 Å². The third-order valence-electron chi connectivity index (χ3n) is 7.60. The van der Waals surface area contributed by atoms with Gasteiger partial charge in [-0.2, -0.15) is 5.26 Å². The number of hydrogen-bond acceptors (Lipinski definition) is 8. The monoisotopic (exact) mass is 510 g/mol. The van der Waals surface area contributed by atoms with E-state index in [1.807, 2.05) is 73.6 Å². The largest absolute Gasteiger partial charge is 0.469 e. The van der Waals surface area contributed by atoms with Crippen molar-refractivity contribution >= 4 is 23.1 Å². The predicted octanol–water partition coefficient (Wildman–Crippen LogP) is 4.84. The average Bonchev–Trinajstić information content (AvgIpc) is 3.42. The first-order valence-corrected chi connectivity index (χ1v) is 13.3. The zero-order chi connectivity index (χ0) is 25.9. The molecule has 0 radical (unpaired) electrons. The van der Waals surface area contributed by atoms with Crippen molar-refractivity contribution in [1.82, 2.24) is 4.90 Å². The molecule has 0 unspecified atom stereocenters. The van der Waals surface area contributed by atoms with Crippen LogP contribution in [-0.4, -0.2) is 49.2 Å². The standard InChI is InChI=1S/C28H34N2O5S/c1-27(2)34-17-22(26(35-27)19-10-6-5-7-11-19)30(3)28(18-29,24-14-9-15-36-24)21-12-8-13-23(31)20(21)16-25(32)33-4/h5-7,9-11,14-15,20-22,26H,8,12-13,16-17H2,1-4H3/t20-,21+,22-,26-,28+/m0/s1. The number of carbonyl (C=O) groups is 2. The molecule has 0 bridgehead atoms. The first-order valence-electron chi connectivity index (χ1n) is 12.4. The molecule has 1 aliphatic carbocycles. The van der Waals surface area contributed by atoms with Crippen LogP contribution in [0.15, 0.2) is 47.8 Å². The number of ketones is 1. The summed E-state index contributed by atoms with van der Waals surface area (Å²) in [4.78, 5) is 28.4. The van der Waals surface area contributed by atoms with E-state index >= 15 is 0 Å². The maximum atomic E-state index is 13.2. The minimum atomic E-state index is -1.16. The molecule has 36 heavy (non-hydrogen) atoms. The molecule has 2 fully saturated rings. The van der Waals surface area contributed by atoms with Gasteiger partial charge in [0.25, 0.3) is 0 Å². The van der Waals surface area contributed by atoms with Crippen LogP contribution in [0, 0.1) is 23.2 Å². The van der Waals surface area contributed by atoms with Crippen LogP contribution in [0.2, 0.25) is 0 Å². The van der Waals surface area contributed by atoms with Crippen LogP contribution in [0.4, 0.5) is 0 Å². The summed E-state index contributed by atoms with van der Waals surface area (Å²) in [5.74, 6) is -2.21. The van der Waals surface area contributed by atoms with Crippen molar-refractivity contribution in [2.45, 2.75) is 63.0 Å². The molecule has 1 aliphatic heterocycles. The van der Waals surface area contributed by atoms with Gasteiger partial charge < -0.3 is 14.2 Å². The van der Waals surface area contributed by atoms with Crippen molar-refractivity contribution < 1.29 is 23.8 Å². The van der Waals surface area contributed by atoms with Crippen molar-refractivity contribution in [1.29, 1.82) is 5.26 Å². The number of esters is 1. The van der Waals surface area contributed by atoms with Gasteiger partial charge in [-0.3, -0.25) is 14.5 Å². The number of carbonyl (C=O) groups excluding carboxylic acids is 2. The van der Waals surface area contributed by atoms with E-state index in [1.54, 1.807) is 0 Å². The molecule has 5 atom stereocenters. The van der Waals surface area contributed by atoms with Gasteiger partial charge in [-0.05, 0) is 50.7 Å². The van der Waals surface area contributed by atoms with E-state index < -0.39 is 29.1 Å². The lowest BCUT2D eigenvalue weighted by molar-refractivity contribution is -0.301. The summed E-state index contributed by atoms with van der Waals surface area (Å²) in [6, 6.07) is 16.2. The lowest BCUT2D eigenvalue weighted by Crippen LogP contribution is -2.61. The maximum absolute atomic E-state index is 13.2. The zero-order valence-electron chi connectivity index (χ0n) is 21.3. The molecular formula is C28H34N2O5S. The molecule has 1 saturated heterocycles. The van der Waals surface area contributed by atoms with Crippen molar-refractivity contribution in [3.05, 3.63) is 58.3 Å². The predicted molar refractivity (Wildman–Crippen MR) is 136 cm³/mol. The SMILES string of the molecule is COC(=O)C[C@@H]1C(=O)CCC[C@H]1[C@](C#N)(c1cccs1)N(C)[C@H]1COC(C)(C)O[C@H]1c1ccccc1. The summed E-state index contributed by atoms with van der Waals surface area (Å²) in [5, 5.41) is 12.9. The summed E-state index contributed by atoms with van der Waals surface area (Å²) in [6.07, 6.45) is 1.35. The lowest BCUT2D eigenvalue weighted by Gasteiger charge is -2.52. The Morgan fingerprint density at radius 3 is 2.67 bits per heavy atom. The average molecular weight is 511 g/mol. The number of thiophene rings is 1. The molecule has 8 heteroatoms. The number of nitrogens with zero attached hydrogens (tertiary/aromatic N) is 2. The molecule has 1 aromatic carbocycles. The number of benzene rings is 1. The second-order valence-corrected chi connectivity index (χ2v) is 11.0. The topological polar surface area (TPSA) is 88.9 Å². The van der Waals surface area contributed by atoms with E-state index in [-0.39, 0.29) is 24.3 Å². The summed E-state index contributed by atoms with van der Waals surface area (Å²) < 4.78 is 17.5. The molecule has 192 valence electrons. The quantitative estimate of drug-likeness (QED) is 0.493. The van der Waals surface area contributed by atoms with Crippen LogP contribution >= 0.6 is 11.3 Å². The van der Waals surface area contributed by atoms with Crippen molar-refractivity contribution in [3.63, 3.8) is 0 Å². The van der Waals surface area contributed by atoms with Gasteiger partial charge in [-0.1, -0.05) is 36.4 Å². The minimum absolute atomic E-state index is 0.0121. The Morgan fingerprint density at radius 2 is 2.03 bits per heavy atom. The van der Waals surface area contributed by atoms with Crippen molar-refractivity contribution in [2.24, 2.45) is 11.8 Å². The van der Waals surface area contributed by atoms with Crippen molar-refractivity contribution in [2.75, 3.05) is 20.8 Å². The first-order chi connectivity index (χ1) is 17.2.